The number of anilines is 1. The first-order valence-electron chi connectivity index (χ1n) is 15.6. The number of hydrogen-bond donors (Lipinski definition) is 1. The number of methoxy groups -OCH3 is 1. The third-order valence-electron chi connectivity index (χ3n) is 10.7. The summed E-state index contributed by atoms with van der Waals surface area (Å²) in [6.45, 7) is 8.49. The minimum atomic E-state index is -0.173. The van der Waals surface area contributed by atoms with E-state index in [4.69, 9.17) is 4.74 Å². The number of carbonyl (C=O) groups is 2. The molecule has 2 saturated heterocycles. The van der Waals surface area contributed by atoms with Gasteiger partial charge in [-0.2, -0.15) is 0 Å². The Hall–Kier alpha value is -3.46. The van der Waals surface area contributed by atoms with Gasteiger partial charge in [-0.15, -0.1) is 5.10 Å². The van der Waals surface area contributed by atoms with Crippen LogP contribution in [0.3, 0.4) is 0 Å². The average Bonchev–Trinajstić information content (AvgIpc) is 3.37. The Balaban J connectivity index is 0.000000430. The number of aromatic nitrogens is 3. The van der Waals surface area contributed by atoms with E-state index in [0.29, 0.717) is 29.2 Å². The van der Waals surface area contributed by atoms with E-state index < -0.39 is 0 Å². The molecule has 4 unspecified atom stereocenters. The van der Waals surface area contributed by atoms with Gasteiger partial charge in [-0.3, -0.25) is 14.5 Å². The molecule has 5 aliphatic rings. The molecule has 3 aromatic rings. The fraction of sp³-hybridized carbons (Fsp3) is 0.576. The van der Waals surface area contributed by atoms with Crippen LogP contribution in [0, 0.1) is 36.0 Å². The first kappa shape index (κ1) is 27.4. The Bertz CT molecular complexity index is 1430. The van der Waals surface area contributed by atoms with Crippen molar-refractivity contribution in [2.45, 2.75) is 58.0 Å². The van der Waals surface area contributed by atoms with E-state index in [1.54, 1.807) is 4.52 Å². The molecule has 2 aromatic heterocycles. The molecule has 1 aromatic carbocycles. The predicted molar refractivity (Wildman–Crippen MR) is 160 cm³/mol. The lowest BCUT2D eigenvalue weighted by atomic mass is 9.50. The molecule has 1 amide bonds. The van der Waals surface area contributed by atoms with E-state index in [-0.39, 0.29) is 29.7 Å². The maximum atomic E-state index is 13.0. The summed E-state index contributed by atoms with van der Waals surface area (Å²) in [5.74, 6) is 1.86. The number of esters is 1. The van der Waals surface area contributed by atoms with Crippen molar-refractivity contribution in [1.29, 1.82) is 0 Å². The third-order valence-corrected chi connectivity index (χ3v) is 10.7. The maximum Gasteiger partial charge on any atom is 0.309 e. The van der Waals surface area contributed by atoms with Crippen molar-refractivity contribution in [2.75, 3.05) is 38.2 Å². The molecule has 2 aliphatic heterocycles. The standard InChI is InChI=1S/C27H36N6O3.C6H6/c1-15-5-7-31(11-15)18-8-16(2)24-29-23(30-33(24)12-18)25(34)28-17-9-27(10-17)6-4-21(27)32-13-19-20(14-32)22(19)26(35)36-3;1-2-4-6-5-3-1/h8,12,15,17,19-22H,4-7,9-11,13-14H2,1-3H3,(H,28,34);1-6H. The van der Waals surface area contributed by atoms with Gasteiger partial charge in [-0.05, 0) is 73.8 Å². The van der Waals surface area contributed by atoms with Gasteiger partial charge >= 0.3 is 5.97 Å². The number of likely N-dealkylation sites (tertiary alicyclic amines) is 1. The van der Waals surface area contributed by atoms with Gasteiger partial charge in [0.05, 0.1) is 24.9 Å². The molecule has 3 saturated carbocycles. The molecule has 222 valence electrons. The summed E-state index contributed by atoms with van der Waals surface area (Å²) in [7, 11) is 1.49. The Morgan fingerprint density at radius 3 is 2.29 bits per heavy atom. The van der Waals surface area contributed by atoms with E-state index in [9.17, 15) is 9.59 Å². The van der Waals surface area contributed by atoms with Gasteiger partial charge in [0.15, 0.2) is 5.65 Å². The molecule has 4 heterocycles. The molecule has 9 nitrogen and oxygen atoms in total. The lowest BCUT2D eigenvalue weighted by Gasteiger charge is -2.62. The molecule has 42 heavy (non-hydrogen) atoms. The topological polar surface area (TPSA) is 92.1 Å². The van der Waals surface area contributed by atoms with Crippen LogP contribution < -0.4 is 10.2 Å². The van der Waals surface area contributed by atoms with Gasteiger partial charge in [-0.1, -0.05) is 43.3 Å². The zero-order chi connectivity index (χ0) is 29.0. The lowest BCUT2D eigenvalue weighted by Crippen LogP contribution is -2.65. The number of hydrogen-bond acceptors (Lipinski definition) is 7. The van der Waals surface area contributed by atoms with Crippen LogP contribution in [0.1, 0.15) is 55.2 Å². The van der Waals surface area contributed by atoms with Crippen LogP contribution in [0.25, 0.3) is 5.65 Å². The normalized spacial score (nSPS) is 32.9. The number of rotatable bonds is 5. The number of pyridine rings is 1. The van der Waals surface area contributed by atoms with Crippen LogP contribution in [0.2, 0.25) is 0 Å². The first-order valence-corrected chi connectivity index (χ1v) is 15.6. The van der Waals surface area contributed by atoms with E-state index in [2.05, 4.69) is 38.2 Å². The summed E-state index contributed by atoms with van der Waals surface area (Å²) >= 11 is 0. The molecule has 5 fully saturated rings. The number of aryl methyl sites for hydroxylation is 1. The molecule has 1 N–H and O–H groups in total. The highest BCUT2D eigenvalue weighted by atomic mass is 16.5. The summed E-state index contributed by atoms with van der Waals surface area (Å²) in [6.07, 6.45) is 7.73. The molecule has 0 radical (unpaired) electrons. The maximum absolute atomic E-state index is 13.0. The first-order chi connectivity index (χ1) is 20.3. The monoisotopic (exact) mass is 570 g/mol. The van der Waals surface area contributed by atoms with E-state index in [0.717, 1.165) is 55.9 Å². The van der Waals surface area contributed by atoms with Gasteiger partial charge in [0.2, 0.25) is 5.82 Å². The quantitative estimate of drug-likeness (QED) is 0.465. The smallest absolute Gasteiger partial charge is 0.309 e. The second-order valence-corrected chi connectivity index (χ2v) is 13.4. The van der Waals surface area contributed by atoms with Crippen LogP contribution in [0.4, 0.5) is 5.69 Å². The summed E-state index contributed by atoms with van der Waals surface area (Å²) in [6, 6.07) is 14.9. The van der Waals surface area contributed by atoms with Gasteiger partial charge < -0.3 is 15.0 Å². The third kappa shape index (κ3) is 4.85. The number of nitrogens with zero attached hydrogens (tertiary/aromatic N) is 5. The number of fused-ring (bicyclic) bond motifs is 2. The van der Waals surface area contributed by atoms with Gasteiger partial charge in [-0.25, -0.2) is 9.50 Å². The number of nitrogens with one attached hydrogen (secondary N) is 1. The van der Waals surface area contributed by atoms with Crippen LogP contribution in [0.5, 0.6) is 0 Å². The van der Waals surface area contributed by atoms with Crippen molar-refractivity contribution in [3.63, 3.8) is 0 Å². The fourth-order valence-corrected chi connectivity index (χ4v) is 8.26. The van der Waals surface area contributed by atoms with E-state index in [1.807, 2.05) is 49.5 Å². The molecule has 4 atom stereocenters. The molecule has 8 rings (SSSR count). The molecule has 1 spiro atoms. The van der Waals surface area contributed by atoms with E-state index in [1.165, 1.54) is 26.4 Å². The van der Waals surface area contributed by atoms with Gasteiger partial charge in [0, 0.05) is 38.3 Å². The Morgan fingerprint density at radius 1 is 1.02 bits per heavy atom. The van der Waals surface area contributed by atoms with E-state index >= 15 is 0 Å². The summed E-state index contributed by atoms with van der Waals surface area (Å²) in [5, 5.41) is 7.75. The Labute approximate surface area is 247 Å². The van der Waals surface area contributed by atoms with Crippen molar-refractivity contribution in [2.24, 2.45) is 29.1 Å². The zero-order valence-electron chi connectivity index (χ0n) is 24.9. The number of piperidine rings is 1. The number of amides is 1. The second-order valence-electron chi connectivity index (χ2n) is 13.4. The summed E-state index contributed by atoms with van der Waals surface area (Å²) < 4.78 is 6.73. The van der Waals surface area contributed by atoms with Crippen LogP contribution in [0.15, 0.2) is 48.7 Å². The van der Waals surface area contributed by atoms with Crippen LogP contribution in [-0.4, -0.2) is 76.7 Å². The second kappa shape index (κ2) is 10.7. The van der Waals surface area contributed by atoms with Crippen molar-refractivity contribution in [3.05, 3.63) is 60.0 Å². The highest BCUT2D eigenvalue weighted by Gasteiger charge is 2.65. The molecular formula is C33H42N6O3. The Morgan fingerprint density at radius 2 is 1.71 bits per heavy atom. The molecule has 0 bridgehead atoms. The minimum Gasteiger partial charge on any atom is -0.469 e. The van der Waals surface area contributed by atoms with Crippen molar-refractivity contribution < 1.29 is 14.3 Å². The van der Waals surface area contributed by atoms with Gasteiger partial charge in [0.1, 0.15) is 0 Å². The fourth-order valence-electron chi connectivity index (χ4n) is 8.26. The van der Waals surface area contributed by atoms with Crippen molar-refractivity contribution in [3.8, 4) is 0 Å². The minimum absolute atomic E-state index is 0.0305. The van der Waals surface area contributed by atoms with Crippen molar-refractivity contribution in [1.82, 2.24) is 24.8 Å². The molecular weight excluding hydrogens is 528 g/mol. The Kier molecular flexibility index (Phi) is 6.95. The highest BCUT2D eigenvalue weighted by Crippen LogP contribution is 2.61. The van der Waals surface area contributed by atoms with Gasteiger partial charge in [0.25, 0.3) is 5.91 Å². The largest absolute Gasteiger partial charge is 0.469 e. The number of ether oxygens (including phenoxy) is 1. The summed E-state index contributed by atoms with van der Waals surface area (Å²) in [5.41, 5.74) is 3.27. The number of benzene rings is 1. The summed E-state index contributed by atoms with van der Waals surface area (Å²) in [4.78, 5) is 34.5. The highest BCUT2D eigenvalue weighted by molar-refractivity contribution is 5.91. The number of carbonyl (C=O) groups excluding carboxylic acids is 2. The SMILES string of the molecule is COC(=O)C1C2CN(C3CCC34CC(NC(=O)c3nc5c(C)cc(N6CCC(C)C6)cn5n3)C4)CC21.c1ccccc1. The lowest BCUT2D eigenvalue weighted by molar-refractivity contribution is -0.144. The van der Waals surface area contributed by atoms with Crippen LogP contribution in [-0.2, 0) is 9.53 Å². The zero-order valence-corrected chi connectivity index (χ0v) is 24.9. The van der Waals surface area contributed by atoms with Crippen LogP contribution >= 0.6 is 0 Å². The molecule has 9 heteroatoms. The van der Waals surface area contributed by atoms with Crippen molar-refractivity contribution >= 4 is 23.2 Å². The molecule has 3 aliphatic carbocycles. The predicted octanol–water partition coefficient (Wildman–Crippen LogP) is 3.96. The average molecular weight is 571 g/mol.